The van der Waals surface area contributed by atoms with E-state index in [0.29, 0.717) is 30.8 Å². The molecule has 0 aromatic rings. The Bertz CT molecular complexity index is 1170. The van der Waals surface area contributed by atoms with Gasteiger partial charge >= 0.3 is 5.97 Å². The first-order chi connectivity index (χ1) is 20.2. The van der Waals surface area contributed by atoms with Gasteiger partial charge in [-0.1, -0.05) is 20.8 Å². The molecule has 6 rings (SSSR count). The van der Waals surface area contributed by atoms with Gasteiger partial charge in [-0.15, -0.1) is 0 Å². The summed E-state index contributed by atoms with van der Waals surface area (Å²) in [5.74, 6) is 0.598. The van der Waals surface area contributed by atoms with Gasteiger partial charge in [0.15, 0.2) is 18.2 Å². The molecule has 0 aromatic carbocycles. The first-order valence-corrected chi connectivity index (χ1v) is 16.4. The maximum Gasteiger partial charge on any atom is 0.303 e. The molecule has 44 heavy (non-hydrogen) atoms. The third-order valence-corrected chi connectivity index (χ3v) is 13.4. The Morgan fingerprint density at radius 1 is 1.05 bits per heavy atom. The zero-order valence-electron chi connectivity index (χ0n) is 27.1. The molecular weight excluding hydrogens is 584 g/mol. The second-order valence-electron chi connectivity index (χ2n) is 16.1. The maximum absolute atomic E-state index is 14.4. The van der Waals surface area contributed by atoms with Crippen LogP contribution in [0.4, 0.5) is 0 Å². The highest BCUT2D eigenvalue weighted by atomic mass is 32.1. The molecule has 248 valence electrons. The van der Waals surface area contributed by atoms with Gasteiger partial charge in [0.1, 0.15) is 19.0 Å². The fourth-order valence-electron chi connectivity index (χ4n) is 11.7. The van der Waals surface area contributed by atoms with E-state index in [2.05, 4.69) is 20.8 Å². The second kappa shape index (κ2) is 11.4. The number of hydrogen-bond donors (Lipinski definition) is 1. The molecule has 5 aliphatic carbocycles. The van der Waals surface area contributed by atoms with Crippen molar-refractivity contribution >= 4 is 37.8 Å². The van der Waals surface area contributed by atoms with E-state index in [-0.39, 0.29) is 65.5 Å². The zero-order chi connectivity index (χ0) is 31.2. The average molecular weight is 637 g/mol. The van der Waals surface area contributed by atoms with E-state index in [0.717, 1.165) is 51.4 Å². The number of Topliss-reactive ketones (excluding diaryl/α,β-unsaturated/α-hetero) is 1. The van der Waals surface area contributed by atoms with Gasteiger partial charge in [0, 0.05) is 12.8 Å². The smallest absolute Gasteiger partial charge is 0.303 e. The molecule has 2 spiro atoms. The van der Waals surface area contributed by atoms with E-state index in [1.54, 1.807) is 13.8 Å². The number of ether oxygens (including phenoxy) is 4. The molecule has 12 atom stereocenters. The van der Waals surface area contributed by atoms with Crippen molar-refractivity contribution in [2.24, 2.45) is 45.3 Å². The van der Waals surface area contributed by atoms with Crippen LogP contribution >= 0.6 is 13.5 Å². The lowest BCUT2D eigenvalue weighted by atomic mass is 9.46. The summed E-state index contributed by atoms with van der Waals surface area (Å²) in [5.41, 5.74) is -1.25. The third kappa shape index (κ3) is 4.87. The van der Waals surface area contributed by atoms with Crippen LogP contribution in [0.3, 0.4) is 0 Å². The molecule has 6 aliphatic rings. The Morgan fingerprint density at radius 3 is 2.39 bits per heavy atom. The minimum Gasteiger partial charge on any atom is -0.457 e. The number of aldehydes is 2. The Morgan fingerprint density at radius 2 is 1.75 bits per heavy atom. The van der Waals surface area contributed by atoms with E-state index in [1.165, 1.54) is 6.92 Å². The quantitative estimate of drug-likeness (QED) is 0.224. The molecule has 1 aliphatic heterocycles. The summed E-state index contributed by atoms with van der Waals surface area (Å²) >= 11 is 0. The van der Waals surface area contributed by atoms with Gasteiger partial charge in [-0.05, 0) is 111 Å². The van der Waals surface area contributed by atoms with Crippen LogP contribution in [0.2, 0.25) is 0 Å². The Kier molecular flexibility index (Phi) is 8.83. The van der Waals surface area contributed by atoms with Crippen LogP contribution in [0.25, 0.3) is 0 Å². The first-order valence-electron chi connectivity index (χ1n) is 16.4. The Labute approximate surface area is 268 Å². The summed E-state index contributed by atoms with van der Waals surface area (Å²) in [7, 11) is 0. The number of ketones is 1. The Hall–Kier alpha value is -1.33. The Balaban J connectivity index is 0.00000384. The summed E-state index contributed by atoms with van der Waals surface area (Å²) in [6.45, 7) is 11.3. The van der Waals surface area contributed by atoms with Crippen molar-refractivity contribution in [1.82, 2.24) is 0 Å². The van der Waals surface area contributed by atoms with Gasteiger partial charge < -0.3 is 28.8 Å². The highest BCUT2D eigenvalue weighted by Crippen LogP contribution is 2.87. The lowest BCUT2D eigenvalue weighted by Gasteiger charge is -2.59. The molecule has 10 heteroatoms. The van der Waals surface area contributed by atoms with Crippen LogP contribution in [0.1, 0.15) is 99.3 Å². The molecule has 6 fully saturated rings. The van der Waals surface area contributed by atoms with Crippen molar-refractivity contribution in [3.8, 4) is 0 Å². The number of esters is 1. The highest BCUT2D eigenvalue weighted by Gasteiger charge is 2.82. The molecule has 1 saturated heterocycles. The minimum atomic E-state index is -1.29. The molecule has 5 saturated carbocycles. The fraction of sp³-hybridized carbons (Fsp3) is 0.882. The number of carbonyl (C=O) groups excluding carboxylic acids is 4. The molecule has 0 bridgehead atoms. The zero-order valence-corrected chi connectivity index (χ0v) is 28.1. The minimum absolute atomic E-state index is 0. The van der Waals surface area contributed by atoms with Crippen LogP contribution in [-0.4, -0.2) is 72.3 Å². The van der Waals surface area contributed by atoms with Gasteiger partial charge in [0.2, 0.25) is 6.29 Å². The first kappa shape index (κ1) is 34.0. The monoisotopic (exact) mass is 636 g/mol. The van der Waals surface area contributed by atoms with Gasteiger partial charge in [-0.2, -0.15) is 13.5 Å². The second-order valence-corrected chi connectivity index (χ2v) is 16.1. The fourth-order valence-corrected chi connectivity index (χ4v) is 11.7. The SMILES string of the molecule is CC(=O)OC(C1CCC2C(O1)C(=O)C1C3CCC4C(C)(C)C(OC(C=O)OCC=O)CCC45CC35CCC21C)C(C)(C)O.S. The van der Waals surface area contributed by atoms with Crippen LogP contribution in [-0.2, 0) is 38.1 Å². The van der Waals surface area contributed by atoms with Crippen molar-refractivity contribution < 1.29 is 43.2 Å². The topological polar surface area (TPSA) is 125 Å². The van der Waals surface area contributed by atoms with Crippen molar-refractivity contribution in [2.75, 3.05) is 6.61 Å². The summed E-state index contributed by atoms with van der Waals surface area (Å²) < 4.78 is 23.6. The van der Waals surface area contributed by atoms with Crippen LogP contribution in [0, 0.1) is 45.3 Å². The van der Waals surface area contributed by atoms with Crippen molar-refractivity contribution in [3.63, 3.8) is 0 Å². The van der Waals surface area contributed by atoms with E-state index < -0.39 is 36.2 Å². The summed E-state index contributed by atoms with van der Waals surface area (Å²) in [6, 6.07) is 0. The highest BCUT2D eigenvalue weighted by molar-refractivity contribution is 7.59. The number of rotatable bonds is 9. The van der Waals surface area contributed by atoms with Gasteiger partial charge in [0.25, 0.3) is 0 Å². The molecule has 1 heterocycles. The van der Waals surface area contributed by atoms with Crippen LogP contribution < -0.4 is 0 Å². The standard InChI is InChI=1S/C34H50O9.H2S/c1-19(37)41-29(31(4,5)39)22-9-7-21-28(42-22)27(38)26-20-8-10-23-30(2,3)24(43-25(17-36)40-16-15-35)11-12-34(23)18-33(20,34)14-13-32(21,26)6;/h15,17,20-26,28-29,39H,7-14,16,18H2,1-6H3;1H2. The van der Waals surface area contributed by atoms with E-state index >= 15 is 0 Å². The maximum atomic E-state index is 14.4. The van der Waals surface area contributed by atoms with Crippen LogP contribution in [0.15, 0.2) is 0 Å². The predicted molar refractivity (Wildman–Crippen MR) is 165 cm³/mol. The molecule has 0 aromatic heterocycles. The largest absolute Gasteiger partial charge is 0.457 e. The molecule has 0 radical (unpaired) electrons. The molecule has 12 unspecified atom stereocenters. The molecule has 9 nitrogen and oxygen atoms in total. The summed E-state index contributed by atoms with van der Waals surface area (Å²) in [4.78, 5) is 48.7. The molecular formula is C34H52O9S. The number of hydrogen-bond acceptors (Lipinski definition) is 9. The summed E-state index contributed by atoms with van der Waals surface area (Å²) in [5, 5.41) is 10.8. The lowest BCUT2D eigenvalue weighted by molar-refractivity contribution is -0.216. The van der Waals surface area contributed by atoms with E-state index in [4.69, 9.17) is 18.9 Å². The van der Waals surface area contributed by atoms with E-state index in [9.17, 15) is 24.3 Å². The lowest BCUT2D eigenvalue weighted by Crippen LogP contribution is -2.56. The van der Waals surface area contributed by atoms with Crippen LogP contribution in [0.5, 0.6) is 0 Å². The molecule has 0 amide bonds. The van der Waals surface area contributed by atoms with Crippen molar-refractivity contribution in [3.05, 3.63) is 0 Å². The van der Waals surface area contributed by atoms with Crippen molar-refractivity contribution in [2.45, 2.75) is 136 Å². The number of aliphatic hydroxyl groups is 1. The molecule has 1 N–H and O–H groups in total. The van der Waals surface area contributed by atoms with Gasteiger partial charge in [-0.3, -0.25) is 14.4 Å². The van der Waals surface area contributed by atoms with Crippen molar-refractivity contribution in [1.29, 1.82) is 0 Å². The van der Waals surface area contributed by atoms with E-state index in [1.807, 2.05) is 0 Å². The van der Waals surface area contributed by atoms with Gasteiger partial charge in [-0.25, -0.2) is 0 Å². The number of carbonyl (C=O) groups is 4. The average Bonchev–Trinajstić information content (AvgIpc) is 3.55. The number of fused-ring (bicyclic) bond motifs is 4. The normalized spacial score (nSPS) is 44.7. The summed E-state index contributed by atoms with van der Waals surface area (Å²) in [6.07, 6.45) is 6.83. The predicted octanol–water partition coefficient (Wildman–Crippen LogP) is 4.31. The van der Waals surface area contributed by atoms with Gasteiger partial charge in [0.05, 0.1) is 17.8 Å². The third-order valence-electron chi connectivity index (χ3n) is 13.4.